The van der Waals surface area contributed by atoms with Gasteiger partial charge in [0.05, 0.1) is 0 Å². The lowest BCUT2D eigenvalue weighted by atomic mass is 10.0. The number of rotatable bonds is 5. The van der Waals surface area contributed by atoms with Crippen LogP contribution in [0.2, 0.25) is 5.02 Å². The first-order valence-corrected chi connectivity index (χ1v) is 7.89. The summed E-state index contributed by atoms with van der Waals surface area (Å²) in [7, 11) is 0. The minimum Gasteiger partial charge on any atom is -0.412 e. The van der Waals surface area contributed by atoms with E-state index in [2.05, 4.69) is 0 Å². The molecule has 0 atom stereocenters. The van der Waals surface area contributed by atoms with Gasteiger partial charge < -0.3 is 5.48 Å². The van der Waals surface area contributed by atoms with E-state index in [1.807, 2.05) is 18.2 Å². The van der Waals surface area contributed by atoms with Gasteiger partial charge in [-0.2, -0.15) is 4.57 Å². The third-order valence-electron chi connectivity index (χ3n) is 3.68. The van der Waals surface area contributed by atoms with Gasteiger partial charge in [-0.3, -0.25) is 9.59 Å². The quantitative estimate of drug-likeness (QED) is 0.455. The zero-order chi connectivity index (χ0) is 16.9. The summed E-state index contributed by atoms with van der Waals surface area (Å²) >= 11 is 5.83. The van der Waals surface area contributed by atoms with Gasteiger partial charge in [-0.25, -0.2) is 0 Å². The molecule has 134 valence electrons. The Hall–Kier alpha value is -2.34. The molecule has 0 unspecified atom stereocenters. The lowest BCUT2D eigenvalue weighted by molar-refractivity contribution is -0.683. The summed E-state index contributed by atoms with van der Waals surface area (Å²) in [5.41, 5.74) is 1.85. The SMILES string of the molecule is Br.O.O=C(C[n+]1ccc(C(=O)c2ccccc2)cc1)c1ccc(Cl)cc1. The van der Waals surface area contributed by atoms with E-state index in [-0.39, 0.29) is 40.6 Å². The molecule has 0 saturated heterocycles. The number of Topliss-reactive ketones (excluding diaryl/α,β-unsaturated/α-hetero) is 1. The third kappa shape index (κ3) is 5.33. The summed E-state index contributed by atoms with van der Waals surface area (Å²) in [6.45, 7) is 0.210. The molecular formula is C20H18BrClNO3+. The Morgan fingerprint density at radius 1 is 0.769 bits per heavy atom. The Bertz CT molecular complexity index is 866. The Balaban J connectivity index is 0.00000169. The second-order valence-corrected chi connectivity index (χ2v) is 5.82. The molecule has 1 aromatic heterocycles. The van der Waals surface area contributed by atoms with Crippen LogP contribution in [0.3, 0.4) is 0 Å². The number of hydrogen-bond donors (Lipinski definition) is 0. The average molecular weight is 436 g/mol. The molecule has 4 nitrogen and oxygen atoms in total. The minimum absolute atomic E-state index is 0. The highest BCUT2D eigenvalue weighted by atomic mass is 79.9. The molecule has 2 aromatic carbocycles. The van der Waals surface area contributed by atoms with Crippen molar-refractivity contribution in [3.05, 3.63) is 101 Å². The Morgan fingerprint density at radius 3 is 1.88 bits per heavy atom. The fraction of sp³-hybridized carbons (Fsp3) is 0.0500. The molecule has 0 bridgehead atoms. The van der Waals surface area contributed by atoms with Gasteiger partial charge >= 0.3 is 0 Å². The largest absolute Gasteiger partial charge is 0.412 e. The maximum absolute atomic E-state index is 12.3. The van der Waals surface area contributed by atoms with E-state index in [0.717, 1.165) is 0 Å². The number of nitrogens with zero attached hydrogens (tertiary/aromatic N) is 1. The number of hydrogen-bond acceptors (Lipinski definition) is 2. The van der Waals surface area contributed by atoms with Crippen LogP contribution < -0.4 is 4.57 Å². The summed E-state index contributed by atoms with van der Waals surface area (Å²) in [4.78, 5) is 24.6. The van der Waals surface area contributed by atoms with Gasteiger partial charge in [-0.15, -0.1) is 17.0 Å². The van der Waals surface area contributed by atoms with Crippen LogP contribution in [-0.4, -0.2) is 17.0 Å². The number of carbonyl (C=O) groups excluding carboxylic acids is 2. The highest BCUT2D eigenvalue weighted by molar-refractivity contribution is 8.93. The standard InChI is InChI=1S/C20H15ClNO2.BrH.H2O/c21-18-8-6-15(7-9-18)19(23)14-22-12-10-17(11-13-22)20(24)16-4-2-1-3-5-16;;/h1-13H,14H2;1H;1H2/q+1;;. The molecule has 0 aliphatic carbocycles. The summed E-state index contributed by atoms with van der Waals surface area (Å²) in [5.74, 6) is -0.0504. The molecule has 0 spiro atoms. The molecule has 6 heteroatoms. The van der Waals surface area contributed by atoms with Crippen molar-refractivity contribution < 1.29 is 19.6 Å². The van der Waals surface area contributed by atoms with Gasteiger partial charge in [-0.1, -0.05) is 41.9 Å². The van der Waals surface area contributed by atoms with E-state index < -0.39 is 0 Å². The summed E-state index contributed by atoms with van der Waals surface area (Å²) < 4.78 is 1.75. The maximum Gasteiger partial charge on any atom is 0.227 e. The third-order valence-corrected chi connectivity index (χ3v) is 3.93. The summed E-state index contributed by atoms with van der Waals surface area (Å²) in [6, 6.07) is 19.4. The number of benzene rings is 2. The number of halogens is 2. The number of carbonyl (C=O) groups is 2. The molecule has 0 aliphatic heterocycles. The normalized spacial score (nSPS) is 9.58. The first kappa shape index (κ1) is 21.7. The number of ketones is 2. The Labute approximate surface area is 167 Å². The molecule has 3 aromatic rings. The van der Waals surface area contributed by atoms with Crippen molar-refractivity contribution in [3.63, 3.8) is 0 Å². The van der Waals surface area contributed by atoms with Gasteiger partial charge in [0, 0.05) is 33.8 Å². The van der Waals surface area contributed by atoms with Gasteiger partial charge in [0.2, 0.25) is 12.3 Å². The topological polar surface area (TPSA) is 69.5 Å². The molecule has 3 rings (SSSR count). The summed E-state index contributed by atoms with van der Waals surface area (Å²) in [6.07, 6.45) is 3.48. The molecule has 0 saturated carbocycles. The lowest BCUT2D eigenvalue weighted by Gasteiger charge is -2.01. The number of pyridine rings is 1. The predicted molar refractivity (Wildman–Crippen MR) is 106 cm³/mol. The highest BCUT2D eigenvalue weighted by Gasteiger charge is 2.14. The van der Waals surface area contributed by atoms with Crippen LogP contribution in [-0.2, 0) is 6.54 Å². The van der Waals surface area contributed by atoms with Crippen LogP contribution in [0.5, 0.6) is 0 Å². The van der Waals surface area contributed by atoms with Crippen molar-refractivity contribution in [1.82, 2.24) is 0 Å². The minimum atomic E-state index is -0.0354. The number of aromatic nitrogens is 1. The van der Waals surface area contributed by atoms with Crippen LogP contribution in [0, 0.1) is 0 Å². The van der Waals surface area contributed by atoms with Crippen molar-refractivity contribution in [2.45, 2.75) is 6.54 Å². The second kappa shape index (κ2) is 9.97. The van der Waals surface area contributed by atoms with Gasteiger partial charge in [-0.05, 0) is 24.3 Å². The van der Waals surface area contributed by atoms with Gasteiger partial charge in [0.1, 0.15) is 0 Å². The Morgan fingerprint density at radius 2 is 1.31 bits per heavy atom. The molecule has 0 fully saturated rings. The van der Waals surface area contributed by atoms with Crippen molar-refractivity contribution in [2.75, 3.05) is 0 Å². The van der Waals surface area contributed by atoms with Crippen LogP contribution in [0.4, 0.5) is 0 Å². The Kier molecular flexibility index (Phi) is 8.32. The van der Waals surface area contributed by atoms with Crippen molar-refractivity contribution in [3.8, 4) is 0 Å². The van der Waals surface area contributed by atoms with E-state index in [1.165, 1.54) is 0 Å². The van der Waals surface area contributed by atoms with Gasteiger partial charge in [0.15, 0.2) is 18.2 Å². The van der Waals surface area contributed by atoms with E-state index in [1.54, 1.807) is 65.5 Å². The monoisotopic (exact) mass is 434 g/mol. The van der Waals surface area contributed by atoms with Gasteiger partial charge in [0.25, 0.3) is 0 Å². The first-order valence-electron chi connectivity index (χ1n) is 7.51. The molecule has 2 N–H and O–H groups in total. The van der Waals surface area contributed by atoms with Crippen LogP contribution in [0.1, 0.15) is 26.3 Å². The molecule has 1 heterocycles. The highest BCUT2D eigenvalue weighted by Crippen LogP contribution is 2.10. The maximum atomic E-state index is 12.3. The van der Waals surface area contributed by atoms with Crippen molar-refractivity contribution in [2.24, 2.45) is 0 Å². The lowest BCUT2D eigenvalue weighted by Crippen LogP contribution is -2.37. The molecule has 0 amide bonds. The van der Waals surface area contributed by atoms with E-state index in [4.69, 9.17) is 11.6 Å². The smallest absolute Gasteiger partial charge is 0.227 e. The van der Waals surface area contributed by atoms with Crippen LogP contribution >= 0.6 is 28.6 Å². The van der Waals surface area contributed by atoms with E-state index in [0.29, 0.717) is 21.7 Å². The zero-order valence-corrected chi connectivity index (χ0v) is 16.2. The fourth-order valence-electron chi connectivity index (χ4n) is 2.36. The van der Waals surface area contributed by atoms with E-state index >= 15 is 0 Å². The molecule has 26 heavy (non-hydrogen) atoms. The first-order chi connectivity index (χ1) is 11.6. The van der Waals surface area contributed by atoms with Crippen LogP contribution in [0.25, 0.3) is 0 Å². The van der Waals surface area contributed by atoms with E-state index in [9.17, 15) is 9.59 Å². The van der Waals surface area contributed by atoms with Crippen molar-refractivity contribution in [1.29, 1.82) is 0 Å². The second-order valence-electron chi connectivity index (χ2n) is 5.38. The van der Waals surface area contributed by atoms with Crippen molar-refractivity contribution >= 4 is 40.1 Å². The molecule has 0 radical (unpaired) electrons. The van der Waals surface area contributed by atoms with Crippen LogP contribution in [0.15, 0.2) is 79.1 Å². The fourth-order valence-corrected chi connectivity index (χ4v) is 2.49. The average Bonchev–Trinajstić information content (AvgIpc) is 2.63. The zero-order valence-electron chi connectivity index (χ0n) is 13.8. The molecular weight excluding hydrogens is 418 g/mol. The predicted octanol–water partition coefficient (Wildman–Crippen LogP) is 3.49. The molecule has 0 aliphatic rings. The summed E-state index contributed by atoms with van der Waals surface area (Å²) in [5, 5.41) is 0.600.